The van der Waals surface area contributed by atoms with Crippen molar-refractivity contribution in [3.63, 3.8) is 0 Å². The van der Waals surface area contributed by atoms with Crippen molar-refractivity contribution in [1.82, 2.24) is 5.32 Å². The van der Waals surface area contributed by atoms with Crippen molar-refractivity contribution < 1.29 is 9.53 Å². The molecule has 0 aromatic heterocycles. The third kappa shape index (κ3) is 5.11. The second kappa shape index (κ2) is 8.16. The zero-order valence-corrected chi connectivity index (χ0v) is 15.0. The number of nitrogens with zero attached hydrogens (tertiary/aromatic N) is 1. The van der Waals surface area contributed by atoms with Crippen molar-refractivity contribution in [1.29, 1.82) is 5.26 Å². The normalized spacial score (nSPS) is 15.5. The Kier molecular flexibility index (Phi) is 6.23. The predicted molar refractivity (Wildman–Crippen MR) is 93.9 cm³/mol. The zero-order chi connectivity index (χ0) is 16.8. The maximum absolute atomic E-state index is 12.3. The van der Waals surface area contributed by atoms with Crippen molar-refractivity contribution in [2.45, 2.75) is 51.7 Å². The number of nitriles is 1. The topological polar surface area (TPSA) is 62.1 Å². The van der Waals surface area contributed by atoms with Crippen molar-refractivity contribution in [2.24, 2.45) is 0 Å². The summed E-state index contributed by atoms with van der Waals surface area (Å²) in [5.74, 6) is 0.347. The quantitative estimate of drug-likeness (QED) is 0.618. The highest BCUT2D eigenvalue weighted by atomic mass is 79.9. The Labute approximate surface area is 145 Å². The molecule has 2 rings (SSSR count). The summed E-state index contributed by atoms with van der Waals surface area (Å²) in [6.07, 6.45) is 5.85. The van der Waals surface area contributed by atoms with Gasteiger partial charge in [0.15, 0.2) is 0 Å². The van der Waals surface area contributed by atoms with Gasteiger partial charge in [-0.15, -0.1) is 0 Å². The number of ether oxygens (including phenoxy) is 1. The number of halogens is 1. The molecule has 0 heterocycles. The van der Waals surface area contributed by atoms with Gasteiger partial charge in [0.25, 0.3) is 5.91 Å². The summed E-state index contributed by atoms with van der Waals surface area (Å²) in [5.41, 5.74) is 0.815. The van der Waals surface area contributed by atoms with E-state index in [0.29, 0.717) is 11.3 Å². The lowest BCUT2D eigenvalue weighted by Crippen LogP contribution is -2.33. The van der Waals surface area contributed by atoms with E-state index in [0.717, 1.165) is 30.2 Å². The second-order valence-corrected chi connectivity index (χ2v) is 6.89. The van der Waals surface area contributed by atoms with E-state index in [1.807, 2.05) is 38.1 Å². The van der Waals surface area contributed by atoms with Gasteiger partial charge in [-0.05, 0) is 51.0 Å². The van der Waals surface area contributed by atoms with Crippen molar-refractivity contribution in [3.8, 4) is 11.8 Å². The molecular formula is C18H21BrN2O2. The van der Waals surface area contributed by atoms with Crippen LogP contribution < -0.4 is 10.1 Å². The van der Waals surface area contributed by atoms with Crippen LogP contribution in [0.3, 0.4) is 0 Å². The van der Waals surface area contributed by atoms with Crippen molar-refractivity contribution >= 4 is 27.9 Å². The average molecular weight is 377 g/mol. The van der Waals surface area contributed by atoms with E-state index in [1.54, 1.807) is 6.08 Å². The Bertz CT molecular complexity index is 641. The first-order valence-electron chi connectivity index (χ1n) is 7.88. The minimum Gasteiger partial charge on any atom is -0.490 e. The number of hydrogen-bond donors (Lipinski definition) is 1. The molecule has 1 saturated carbocycles. The fraction of sp³-hybridized carbons (Fsp3) is 0.444. The Morgan fingerprint density at radius 3 is 2.74 bits per heavy atom. The summed E-state index contributed by atoms with van der Waals surface area (Å²) in [5, 5.41) is 12.3. The number of hydrogen-bond acceptors (Lipinski definition) is 3. The Morgan fingerprint density at radius 2 is 2.13 bits per heavy atom. The van der Waals surface area contributed by atoms with Crippen LogP contribution in [-0.4, -0.2) is 18.1 Å². The van der Waals surface area contributed by atoms with E-state index in [1.165, 1.54) is 0 Å². The van der Waals surface area contributed by atoms with Gasteiger partial charge in [0.2, 0.25) is 0 Å². The van der Waals surface area contributed by atoms with E-state index in [9.17, 15) is 10.1 Å². The number of amides is 1. The van der Waals surface area contributed by atoms with Crippen LogP contribution in [0.4, 0.5) is 0 Å². The molecule has 1 aromatic carbocycles. The first kappa shape index (κ1) is 17.6. The van der Waals surface area contributed by atoms with Crippen LogP contribution >= 0.6 is 15.9 Å². The molecule has 0 aliphatic heterocycles. The molecule has 122 valence electrons. The lowest BCUT2D eigenvalue weighted by molar-refractivity contribution is -0.117. The standard InChI is InChI=1S/C18H21BrN2O2/c1-12(2)23-17-8-7-15(19)10-13(17)9-14(11-20)18(22)21-16-5-3-4-6-16/h7-10,12,16H,3-6H2,1-2H3,(H,21,22). The first-order chi connectivity index (χ1) is 11.0. The summed E-state index contributed by atoms with van der Waals surface area (Å²) in [6.45, 7) is 3.88. The van der Waals surface area contributed by atoms with Crippen molar-refractivity contribution in [3.05, 3.63) is 33.8 Å². The lowest BCUT2D eigenvalue weighted by atomic mass is 10.1. The van der Waals surface area contributed by atoms with Gasteiger partial charge in [-0.1, -0.05) is 28.8 Å². The van der Waals surface area contributed by atoms with E-state index >= 15 is 0 Å². The van der Waals surface area contributed by atoms with Crippen LogP contribution in [0.5, 0.6) is 5.75 Å². The monoisotopic (exact) mass is 376 g/mol. The van der Waals surface area contributed by atoms with Crippen LogP contribution in [0.15, 0.2) is 28.2 Å². The van der Waals surface area contributed by atoms with Crippen molar-refractivity contribution in [2.75, 3.05) is 0 Å². The molecule has 1 aliphatic rings. The fourth-order valence-electron chi connectivity index (χ4n) is 2.63. The van der Waals surface area contributed by atoms with Gasteiger partial charge >= 0.3 is 0 Å². The molecule has 0 unspecified atom stereocenters. The first-order valence-corrected chi connectivity index (χ1v) is 8.67. The van der Waals surface area contributed by atoms with Crippen LogP contribution in [-0.2, 0) is 4.79 Å². The molecule has 0 spiro atoms. The highest BCUT2D eigenvalue weighted by Gasteiger charge is 2.19. The molecule has 0 bridgehead atoms. The molecule has 0 saturated heterocycles. The van der Waals surface area contributed by atoms with Gasteiger partial charge in [0, 0.05) is 16.1 Å². The second-order valence-electron chi connectivity index (χ2n) is 5.97. The van der Waals surface area contributed by atoms with Crippen LogP contribution in [0, 0.1) is 11.3 Å². The van der Waals surface area contributed by atoms with Gasteiger partial charge < -0.3 is 10.1 Å². The van der Waals surface area contributed by atoms with Crippen LogP contribution in [0.25, 0.3) is 6.08 Å². The van der Waals surface area contributed by atoms with E-state index in [2.05, 4.69) is 21.2 Å². The molecule has 5 heteroatoms. The smallest absolute Gasteiger partial charge is 0.262 e. The Morgan fingerprint density at radius 1 is 1.43 bits per heavy atom. The lowest BCUT2D eigenvalue weighted by Gasteiger charge is -2.14. The number of benzene rings is 1. The minimum atomic E-state index is -0.310. The predicted octanol–water partition coefficient (Wildman–Crippen LogP) is 4.20. The highest BCUT2D eigenvalue weighted by molar-refractivity contribution is 9.10. The summed E-state index contributed by atoms with van der Waals surface area (Å²) in [6, 6.07) is 7.74. The number of carbonyl (C=O) groups excluding carboxylic acids is 1. The van der Waals surface area contributed by atoms with E-state index < -0.39 is 0 Å². The fourth-order valence-corrected chi connectivity index (χ4v) is 3.01. The highest BCUT2D eigenvalue weighted by Crippen LogP contribution is 2.27. The maximum Gasteiger partial charge on any atom is 0.262 e. The minimum absolute atomic E-state index is 0.0150. The number of rotatable bonds is 5. The molecule has 1 aliphatic carbocycles. The SMILES string of the molecule is CC(C)Oc1ccc(Br)cc1C=C(C#N)C(=O)NC1CCCC1. The summed E-state index contributed by atoms with van der Waals surface area (Å²) in [4.78, 5) is 12.3. The van der Waals surface area contributed by atoms with E-state index in [-0.39, 0.29) is 23.6 Å². The average Bonchev–Trinajstić information content (AvgIpc) is 2.99. The molecule has 1 aromatic rings. The molecule has 1 fully saturated rings. The number of carbonyl (C=O) groups is 1. The Hall–Kier alpha value is -1.80. The molecular weight excluding hydrogens is 356 g/mol. The van der Waals surface area contributed by atoms with Gasteiger partial charge in [-0.25, -0.2) is 0 Å². The molecule has 0 atom stereocenters. The molecule has 23 heavy (non-hydrogen) atoms. The Balaban J connectivity index is 2.24. The molecule has 1 amide bonds. The molecule has 0 radical (unpaired) electrons. The molecule has 4 nitrogen and oxygen atoms in total. The van der Waals surface area contributed by atoms with Crippen LogP contribution in [0.2, 0.25) is 0 Å². The van der Waals surface area contributed by atoms with Gasteiger partial charge in [0.1, 0.15) is 17.4 Å². The van der Waals surface area contributed by atoms with Crippen LogP contribution in [0.1, 0.15) is 45.1 Å². The van der Waals surface area contributed by atoms with E-state index in [4.69, 9.17) is 4.74 Å². The zero-order valence-electron chi connectivity index (χ0n) is 13.4. The number of nitrogens with one attached hydrogen (secondary N) is 1. The van der Waals surface area contributed by atoms with Gasteiger partial charge in [-0.3, -0.25) is 4.79 Å². The van der Waals surface area contributed by atoms with Gasteiger partial charge in [0.05, 0.1) is 6.10 Å². The summed E-state index contributed by atoms with van der Waals surface area (Å²) < 4.78 is 6.62. The third-order valence-corrected chi connectivity index (χ3v) is 4.18. The maximum atomic E-state index is 12.3. The van der Waals surface area contributed by atoms with Gasteiger partial charge in [-0.2, -0.15) is 5.26 Å². The summed E-state index contributed by atoms with van der Waals surface area (Å²) in [7, 11) is 0. The largest absolute Gasteiger partial charge is 0.490 e. The third-order valence-electron chi connectivity index (χ3n) is 3.69. The molecule has 1 N–H and O–H groups in total. The summed E-state index contributed by atoms with van der Waals surface area (Å²) >= 11 is 3.41.